The molecule has 1 unspecified atom stereocenters. The number of alkyl halides is 1. The smallest absolute Gasteiger partial charge is 0.330 e. The molecule has 1 aliphatic heterocycles. The fraction of sp³-hybridized carbons (Fsp3) is 0.500. The predicted octanol–water partition coefficient (Wildman–Crippen LogP) is 2.26. The molecule has 0 saturated heterocycles. The van der Waals surface area contributed by atoms with Gasteiger partial charge in [-0.15, -0.1) is 11.6 Å². The second-order valence-corrected chi connectivity index (χ2v) is 4.48. The molecule has 0 saturated carbocycles. The Hall–Kier alpha value is -1.09. The summed E-state index contributed by atoms with van der Waals surface area (Å²) in [5.41, 5.74) is 2.10. The van der Waals surface area contributed by atoms with Gasteiger partial charge in [0.1, 0.15) is 6.04 Å². The summed E-state index contributed by atoms with van der Waals surface area (Å²) < 4.78 is 4.68. The average Bonchev–Trinajstić information content (AvgIpc) is 2.78. The highest BCUT2D eigenvalue weighted by Gasteiger charge is 2.26. The van der Waals surface area contributed by atoms with Crippen molar-refractivity contribution in [2.75, 3.05) is 7.11 Å². The number of carbonyl (C=O) groups excluding carboxylic acids is 1. The topological polar surface area (TPSA) is 38.7 Å². The van der Waals surface area contributed by atoms with E-state index in [1.807, 2.05) is 12.2 Å². The Labute approximate surface area is 99.8 Å². The molecule has 2 atom stereocenters. The molecule has 2 rings (SSSR count). The van der Waals surface area contributed by atoms with Gasteiger partial charge in [0.15, 0.2) is 0 Å². The van der Waals surface area contributed by atoms with Gasteiger partial charge in [-0.3, -0.25) is 4.99 Å². The van der Waals surface area contributed by atoms with Crippen LogP contribution in [0.1, 0.15) is 19.3 Å². The molecule has 0 aromatic rings. The first-order chi connectivity index (χ1) is 7.70. The molecule has 0 bridgehead atoms. The fourth-order valence-corrected chi connectivity index (χ4v) is 2.09. The molecular formula is C12H14ClNO2. The Morgan fingerprint density at radius 2 is 2.44 bits per heavy atom. The van der Waals surface area contributed by atoms with Gasteiger partial charge in [-0.1, -0.05) is 18.2 Å². The molecule has 0 amide bonds. The fourth-order valence-electron chi connectivity index (χ4n) is 1.92. The second kappa shape index (κ2) is 4.83. The van der Waals surface area contributed by atoms with Gasteiger partial charge in [-0.2, -0.15) is 0 Å². The van der Waals surface area contributed by atoms with Gasteiger partial charge in [0.05, 0.1) is 12.5 Å². The molecule has 0 aromatic carbocycles. The maximum atomic E-state index is 11.3. The lowest BCUT2D eigenvalue weighted by Gasteiger charge is -2.09. The maximum absolute atomic E-state index is 11.3. The number of hydrogen-bond donors (Lipinski definition) is 0. The largest absolute Gasteiger partial charge is 0.467 e. The summed E-state index contributed by atoms with van der Waals surface area (Å²) in [5, 5.41) is 0.0853. The van der Waals surface area contributed by atoms with Crippen molar-refractivity contribution in [3.63, 3.8) is 0 Å². The van der Waals surface area contributed by atoms with Gasteiger partial charge in [0.25, 0.3) is 0 Å². The van der Waals surface area contributed by atoms with Crippen LogP contribution in [0.2, 0.25) is 0 Å². The monoisotopic (exact) mass is 239 g/mol. The summed E-state index contributed by atoms with van der Waals surface area (Å²) in [6.45, 7) is 0. The minimum absolute atomic E-state index is 0.0853. The first-order valence-electron chi connectivity index (χ1n) is 5.38. The number of rotatable bonds is 2. The van der Waals surface area contributed by atoms with E-state index in [9.17, 15) is 4.79 Å². The molecule has 0 radical (unpaired) electrons. The van der Waals surface area contributed by atoms with Gasteiger partial charge in [0.2, 0.25) is 0 Å². The number of halogens is 1. The number of hydrogen-bond acceptors (Lipinski definition) is 3. The third kappa shape index (κ3) is 2.35. The van der Waals surface area contributed by atoms with Gasteiger partial charge in [-0.05, 0) is 24.8 Å². The summed E-state index contributed by atoms with van der Waals surface area (Å²) in [4.78, 5) is 15.7. The van der Waals surface area contributed by atoms with E-state index in [0.717, 1.165) is 30.5 Å². The van der Waals surface area contributed by atoms with Crippen LogP contribution < -0.4 is 0 Å². The number of carbonyl (C=O) groups is 1. The Morgan fingerprint density at radius 3 is 3.06 bits per heavy atom. The van der Waals surface area contributed by atoms with E-state index in [0.29, 0.717) is 0 Å². The summed E-state index contributed by atoms with van der Waals surface area (Å²) in [6.07, 6.45) is 8.44. The molecular weight excluding hydrogens is 226 g/mol. The third-order valence-electron chi connectivity index (χ3n) is 2.82. The van der Waals surface area contributed by atoms with Gasteiger partial charge in [-0.25, -0.2) is 4.79 Å². The number of methoxy groups -OCH3 is 1. The van der Waals surface area contributed by atoms with E-state index < -0.39 is 0 Å². The quantitative estimate of drug-likeness (QED) is 0.548. The first kappa shape index (κ1) is 11.4. The zero-order chi connectivity index (χ0) is 11.5. The van der Waals surface area contributed by atoms with Crippen molar-refractivity contribution in [1.82, 2.24) is 0 Å². The van der Waals surface area contributed by atoms with Crippen LogP contribution in [-0.2, 0) is 9.53 Å². The normalized spacial score (nSPS) is 28.6. The molecule has 1 aliphatic carbocycles. The lowest BCUT2D eigenvalue weighted by molar-refractivity contribution is -0.141. The van der Waals surface area contributed by atoms with Crippen molar-refractivity contribution >= 4 is 23.3 Å². The molecule has 3 nitrogen and oxygen atoms in total. The average molecular weight is 240 g/mol. The van der Waals surface area contributed by atoms with Crippen molar-refractivity contribution in [2.45, 2.75) is 30.7 Å². The van der Waals surface area contributed by atoms with E-state index in [1.165, 1.54) is 7.11 Å². The molecule has 0 aromatic heterocycles. The SMILES string of the molecule is COC(=O)[C@H]1CCC(C2=CCC(Cl)C=C2)=N1. The van der Waals surface area contributed by atoms with E-state index in [4.69, 9.17) is 11.6 Å². The van der Waals surface area contributed by atoms with Gasteiger partial charge in [0, 0.05) is 5.71 Å². The molecule has 16 heavy (non-hydrogen) atoms. The molecule has 0 N–H and O–H groups in total. The zero-order valence-electron chi connectivity index (χ0n) is 9.15. The van der Waals surface area contributed by atoms with E-state index in [2.05, 4.69) is 15.8 Å². The Bertz CT molecular complexity index is 384. The maximum Gasteiger partial charge on any atom is 0.330 e. The van der Waals surface area contributed by atoms with E-state index >= 15 is 0 Å². The number of nitrogens with zero attached hydrogens (tertiary/aromatic N) is 1. The highest BCUT2D eigenvalue weighted by Crippen LogP contribution is 2.23. The van der Waals surface area contributed by atoms with Crippen LogP contribution in [0.15, 0.2) is 28.8 Å². The van der Waals surface area contributed by atoms with Crippen molar-refractivity contribution in [3.05, 3.63) is 23.8 Å². The molecule has 0 fully saturated rings. The summed E-state index contributed by atoms with van der Waals surface area (Å²) in [6, 6.07) is -0.317. The molecule has 86 valence electrons. The van der Waals surface area contributed by atoms with Crippen LogP contribution in [0.4, 0.5) is 0 Å². The lowest BCUT2D eigenvalue weighted by Crippen LogP contribution is -2.16. The molecule has 1 heterocycles. The van der Waals surface area contributed by atoms with Gasteiger partial charge >= 0.3 is 5.97 Å². The minimum atomic E-state index is -0.317. The van der Waals surface area contributed by atoms with Crippen LogP contribution >= 0.6 is 11.6 Å². The van der Waals surface area contributed by atoms with E-state index in [1.54, 1.807) is 0 Å². The standard InChI is InChI=1S/C12H14ClNO2/c1-16-12(15)11-7-6-10(14-11)8-2-4-9(13)5-3-8/h2-4,9,11H,5-7H2,1H3/t9?,11-/m1/s1. The number of aliphatic imine (C=N–C) groups is 1. The first-order valence-corrected chi connectivity index (χ1v) is 5.81. The Morgan fingerprint density at radius 1 is 1.62 bits per heavy atom. The number of ether oxygens (including phenoxy) is 1. The van der Waals surface area contributed by atoms with Crippen LogP contribution in [0.3, 0.4) is 0 Å². The molecule has 2 aliphatic rings. The van der Waals surface area contributed by atoms with Crippen LogP contribution in [-0.4, -0.2) is 30.2 Å². The zero-order valence-corrected chi connectivity index (χ0v) is 9.91. The highest BCUT2D eigenvalue weighted by molar-refractivity contribution is 6.22. The van der Waals surface area contributed by atoms with Crippen molar-refractivity contribution in [1.29, 1.82) is 0 Å². The number of esters is 1. The highest BCUT2D eigenvalue weighted by atomic mass is 35.5. The summed E-state index contributed by atoms with van der Waals surface area (Å²) in [5.74, 6) is -0.245. The molecule has 4 heteroatoms. The minimum Gasteiger partial charge on any atom is -0.467 e. The van der Waals surface area contributed by atoms with Crippen LogP contribution in [0.5, 0.6) is 0 Å². The number of allylic oxidation sites excluding steroid dienone is 4. The van der Waals surface area contributed by atoms with Crippen molar-refractivity contribution in [2.24, 2.45) is 4.99 Å². The third-order valence-corrected chi connectivity index (χ3v) is 3.14. The van der Waals surface area contributed by atoms with Crippen LogP contribution in [0.25, 0.3) is 0 Å². The predicted molar refractivity (Wildman–Crippen MR) is 64.0 cm³/mol. The molecule has 0 spiro atoms. The van der Waals surface area contributed by atoms with Crippen molar-refractivity contribution < 1.29 is 9.53 Å². The second-order valence-electron chi connectivity index (χ2n) is 3.92. The summed E-state index contributed by atoms with van der Waals surface area (Å²) in [7, 11) is 1.40. The van der Waals surface area contributed by atoms with E-state index in [-0.39, 0.29) is 17.4 Å². The Kier molecular flexibility index (Phi) is 3.44. The van der Waals surface area contributed by atoms with Crippen LogP contribution in [0, 0.1) is 0 Å². The van der Waals surface area contributed by atoms with Crippen molar-refractivity contribution in [3.8, 4) is 0 Å². The summed E-state index contributed by atoms with van der Waals surface area (Å²) >= 11 is 5.94. The Balaban J connectivity index is 2.07. The van der Waals surface area contributed by atoms with Gasteiger partial charge < -0.3 is 4.74 Å². The lowest BCUT2D eigenvalue weighted by atomic mass is 10.0.